The number of nitrogens with one attached hydrogen (secondary N) is 1. The maximum Gasteiger partial charge on any atom is 0.230 e. The average Bonchev–Trinajstić information content (AvgIpc) is 3.00. The SMILES string of the molecule is CC1(C(=O)Nc2ccc(C#N)cc2)CC2C=CC1C2. The van der Waals surface area contributed by atoms with E-state index in [1.54, 1.807) is 24.3 Å². The van der Waals surface area contributed by atoms with Gasteiger partial charge in [0.15, 0.2) is 0 Å². The molecule has 1 saturated carbocycles. The van der Waals surface area contributed by atoms with Crippen molar-refractivity contribution in [3.8, 4) is 6.07 Å². The number of carbonyl (C=O) groups excluding carboxylic acids is 1. The standard InChI is InChI=1S/C16H16N2O/c1-16(9-12-2-5-13(16)8-12)15(19)18-14-6-3-11(10-17)4-7-14/h2-7,12-13H,8-9H2,1H3,(H,18,19). The number of allylic oxidation sites excluding steroid dienone is 2. The van der Waals surface area contributed by atoms with Gasteiger partial charge in [-0.25, -0.2) is 0 Å². The molecule has 3 rings (SSSR count). The van der Waals surface area contributed by atoms with E-state index in [1.807, 2.05) is 0 Å². The predicted octanol–water partition coefficient (Wildman–Crippen LogP) is 3.10. The molecule has 3 nitrogen and oxygen atoms in total. The fourth-order valence-electron chi connectivity index (χ4n) is 3.26. The molecule has 1 fully saturated rings. The third-order valence-corrected chi connectivity index (χ3v) is 4.47. The van der Waals surface area contributed by atoms with Gasteiger partial charge in [0.1, 0.15) is 0 Å². The highest BCUT2D eigenvalue weighted by Crippen LogP contribution is 2.52. The summed E-state index contributed by atoms with van der Waals surface area (Å²) in [7, 11) is 0. The van der Waals surface area contributed by atoms with Crippen molar-refractivity contribution in [1.82, 2.24) is 0 Å². The fraction of sp³-hybridized carbons (Fsp3) is 0.375. The molecule has 0 saturated heterocycles. The van der Waals surface area contributed by atoms with Gasteiger partial charge in [0, 0.05) is 5.69 Å². The second-order valence-electron chi connectivity index (χ2n) is 5.75. The molecule has 0 aliphatic heterocycles. The minimum Gasteiger partial charge on any atom is -0.326 e. The van der Waals surface area contributed by atoms with Crippen LogP contribution in [0.2, 0.25) is 0 Å². The third kappa shape index (κ3) is 1.94. The van der Waals surface area contributed by atoms with Crippen LogP contribution in [0.15, 0.2) is 36.4 Å². The van der Waals surface area contributed by atoms with Crippen LogP contribution in [0.25, 0.3) is 0 Å². The van der Waals surface area contributed by atoms with E-state index < -0.39 is 0 Å². The summed E-state index contributed by atoms with van der Waals surface area (Å²) in [5.74, 6) is 1.03. The van der Waals surface area contributed by atoms with Crippen LogP contribution in [-0.4, -0.2) is 5.91 Å². The zero-order valence-electron chi connectivity index (χ0n) is 10.9. The second-order valence-corrected chi connectivity index (χ2v) is 5.75. The number of fused-ring (bicyclic) bond motifs is 2. The molecular weight excluding hydrogens is 236 g/mol. The van der Waals surface area contributed by atoms with Crippen LogP contribution in [0.1, 0.15) is 25.3 Å². The lowest BCUT2D eigenvalue weighted by Crippen LogP contribution is -2.36. The van der Waals surface area contributed by atoms with Crippen LogP contribution >= 0.6 is 0 Å². The van der Waals surface area contributed by atoms with E-state index in [0.717, 1.165) is 18.5 Å². The first-order chi connectivity index (χ1) is 9.11. The van der Waals surface area contributed by atoms with Gasteiger partial charge >= 0.3 is 0 Å². The number of nitrogens with zero attached hydrogens (tertiary/aromatic N) is 1. The van der Waals surface area contributed by atoms with Gasteiger partial charge in [-0.1, -0.05) is 19.1 Å². The van der Waals surface area contributed by atoms with Crippen LogP contribution in [0, 0.1) is 28.6 Å². The zero-order valence-corrected chi connectivity index (χ0v) is 10.9. The molecule has 0 radical (unpaired) electrons. The normalized spacial score (nSPS) is 31.2. The number of rotatable bonds is 2. The summed E-state index contributed by atoms with van der Waals surface area (Å²) < 4.78 is 0. The Hall–Kier alpha value is -2.08. The summed E-state index contributed by atoms with van der Waals surface area (Å²) in [6.07, 6.45) is 6.47. The minimum absolute atomic E-state index is 0.0917. The molecule has 3 atom stereocenters. The van der Waals surface area contributed by atoms with Gasteiger partial charge in [0.2, 0.25) is 5.91 Å². The predicted molar refractivity (Wildman–Crippen MR) is 73.2 cm³/mol. The first-order valence-corrected chi connectivity index (χ1v) is 6.62. The van der Waals surface area contributed by atoms with E-state index in [4.69, 9.17) is 5.26 Å². The van der Waals surface area contributed by atoms with Gasteiger partial charge in [0.25, 0.3) is 0 Å². The van der Waals surface area contributed by atoms with E-state index in [-0.39, 0.29) is 11.3 Å². The van der Waals surface area contributed by atoms with Gasteiger partial charge in [-0.3, -0.25) is 4.79 Å². The molecular formula is C16H16N2O. The smallest absolute Gasteiger partial charge is 0.230 e. The molecule has 1 aromatic carbocycles. The second kappa shape index (κ2) is 4.24. The van der Waals surface area contributed by atoms with Crippen molar-refractivity contribution in [3.05, 3.63) is 42.0 Å². The summed E-state index contributed by atoms with van der Waals surface area (Å²) in [6, 6.07) is 9.07. The van der Waals surface area contributed by atoms with Crippen molar-refractivity contribution in [2.24, 2.45) is 17.3 Å². The highest BCUT2D eigenvalue weighted by atomic mass is 16.2. The van der Waals surface area contributed by atoms with Crippen molar-refractivity contribution in [1.29, 1.82) is 5.26 Å². The number of benzene rings is 1. The number of nitriles is 1. The Morgan fingerprint density at radius 3 is 2.63 bits per heavy atom. The summed E-state index contributed by atoms with van der Waals surface area (Å²) in [4.78, 5) is 12.5. The lowest BCUT2D eigenvalue weighted by atomic mass is 9.77. The Bertz CT molecular complexity index is 582. The van der Waals surface area contributed by atoms with Crippen molar-refractivity contribution in [3.63, 3.8) is 0 Å². The molecule has 0 aromatic heterocycles. The molecule has 3 unspecified atom stereocenters. The molecule has 96 valence electrons. The minimum atomic E-state index is -0.284. The Balaban J connectivity index is 1.75. The summed E-state index contributed by atoms with van der Waals surface area (Å²) >= 11 is 0. The summed E-state index contributed by atoms with van der Waals surface area (Å²) in [6.45, 7) is 2.06. The first-order valence-electron chi connectivity index (χ1n) is 6.62. The molecule has 2 aliphatic carbocycles. The van der Waals surface area contributed by atoms with Crippen LogP contribution in [-0.2, 0) is 4.79 Å². The maximum absolute atomic E-state index is 12.5. The van der Waals surface area contributed by atoms with Gasteiger partial charge in [-0.2, -0.15) is 5.26 Å². The molecule has 19 heavy (non-hydrogen) atoms. The van der Waals surface area contributed by atoms with Gasteiger partial charge < -0.3 is 5.32 Å². The van der Waals surface area contributed by atoms with Gasteiger partial charge in [0.05, 0.1) is 17.0 Å². The van der Waals surface area contributed by atoms with Crippen molar-refractivity contribution in [2.45, 2.75) is 19.8 Å². The number of hydrogen-bond donors (Lipinski definition) is 1. The number of hydrogen-bond acceptors (Lipinski definition) is 2. The third-order valence-electron chi connectivity index (χ3n) is 4.47. The van der Waals surface area contributed by atoms with E-state index in [1.165, 1.54) is 0 Å². The van der Waals surface area contributed by atoms with Gasteiger partial charge in [-0.15, -0.1) is 0 Å². The largest absolute Gasteiger partial charge is 0.326 e. The van der Waals surface area contributed by atoms with Crippen LogP contribution in [0.5, 0.6) is 0 Å². The molecule has 2 aliphatic rings. The molecule has 0 heterocycles. The summed E-state index contributed by atoms with van der Waals surface area (Å²) in [5, 5.41) is 11.7. The molecule has 3 heteroatoms. The lowest BCUT2D eigenvalue weighted by molar-refractivity contribution is -0.126. The van der Waals surface area contributed by atoms with Crippen molar-refractivity contribution >= 4 is 11.6 Å². The van der Waals surface area contributed by atoms with Gasteiger partial charge in [-0.05, 0) is 48.9 Å². The molecule has 1 amide bonds. The van der Waals surface area contributed by atoms with Crippen LogP contribution in [0.3, 0.4) is 0 Å². The zero-order chi connectivity index (χ0) is 13.5. The molecule has 0 spiro atoms. The van der Waals surface area contributed by atoms with E-state index >= 15 is 0 Å². The molecule has 1 aromatic rings. The Labute approximate surface area is 112 Å². The van der Waals surface area contributed by atoms with Crippen molar-refractivity contribution in [2.75, 3.05) is 5.32 Å². The first kappa shape index (κ1) is 12.0. The highest BCUT2D eigenvalue weighted by Gasteiger charge is 2.49. The highest BCUT2D eigenvalue weighted by molar-refractivity contribution is 5.96. The number of anilines is 1. The quantitative estimate of drug-likeness (QED) is 0.822. The molecule has 1 N–H and O–H groups in total. The monoisotopic (exact) mass is 252 g/mol. The topological polar surface area (TPSA) is 52.9 Å². The van der Waals surface area contributed by atoms with E-state index in [0.29, 0.717) is 17.4 Å². The lowest BCUT2D eigenvalue weighted by Gasteiger charge is -2.29. The Morgan fingerprint density at radius 1 is 1.37 bits per heavy atom. The van der Waals surface area contributed by atoms with Crippen LogP contribution in [0.4, 0.5) is 5.69 Å². The maximum atomic E-state index is 12.5. The Morgan fingerprint density at radius 2 is 2.11 bits per heavy atom. The van der Waals surface area contributed by atoms with Crippen molar-refractivity contribution < 1.29 is 4.79 Å². The fourth-order valence-corrected chi connectivity index (χ4v) is 3.26. The van der Waals surface area contributed by atoms with E-state index in [2.05, 4.69) is 30.5 Å². The Kier molecular flexibility index (Phi) is 2.67. The average molecular weight is 252 g/mol. The van der Waals surface area contributed by atoms with Crippen LogP contribution < -0.4 is 5.32 Å². The van der Waals surface area contributed by atoms with E-state index in [9.17, 15) is 4.79 Å². The number of amides is 1. The summed E-state index contributed by atoms with van der Waals surface area (Å²) in [5.41, 5.74) is 1.08. The number of carbonyl (C=O) groups is 1. The molecule has 2 bridgehead atoms.